The van der Waals surface area contributed by atoms with Crippen LogP contribution >= 0.6 is 0 Å². The van der Waals surface area contributed by atoms with Crippen LogP contribution in [0, 0.1) is 6.92 Å². The minimum atomic E-state index is 1.02. The quantitative estimate of drug-likeness (QED) is 0.878. The highest BCUT2D eigenvalue weighted by Gasteiger charge is 2.12. The zero-order chi connectivity index (χ0) is 15.8. The van der Waals surface area contributed by atoms with Gasteiger partial charge in [-0.05, 0) is 30.5 Å². The summed E-state index contributed by atoms with van der Waals surface area (Å²) in [5, 5.41) is 3.57. The van der Waals surface area contributed by atoms with Gasteiger partial charge in [-0.25, -0.2) is 0 Å². The van der Waals surface area contributed by atoms with Gasteiger partial charge in [0, 0.05) is 31.9 Å². The molecule has 0 spiro atoms. The number of hydrogen-bond donors (Lipinski definition) is 1. The molecule has 2 aromatic carbocycles. The Morgan fingerprint density at radius 2 is 1.77 bits per heavy atom. The molecule has 1 N–H and O–H groups in total. The maximum absolute atomic E-state index is 3.57. The van der Waals surface area contributed by atoms with Crippen molar-refractivity contribution in [1.29, 1.82) is 0 Å². The molecule has 0 unspecified atom stereocenters. The first kappa shape index (κ1) is 16.6. The maximum Gasteiger partial charge on any atom is 0.0373 e. The van der Waals surface area contributed by atoms with Gasteiger partial charge in [-0.3, -0.25) is 4.90 Å². The fourth-order valence-electron chi connectivity index (χ4n) is 2.84. The number of fused-ring (bicyclic) bond motifs is 1. The molecule has 0 radical (unpaired) electrons. The second kappa shape index (κ2) is 8.60. The summed E-state index contributed by atoms with van der Waals surface area (Å²) in [5.41, 5.74) is 5.51. The predicted octanol–water partition coefficient (Wildman–Crippen LogP) is 4.49. The molecule has 2 heteroatoms. The Bertz CT molecular complexity index is 563. The van der Waals surface area contributed by atoms with Crippen molar-refractivity contribution in [1.82, 2.24) is 4.90 Å². The van der Waals surface area contributed by atoms with E-state index in [1.165, 1.54) is 22.4 Å². The van der Waals surface area contributed by atoms with Crippen LogP contribution in [-0.2, 0) is 13.0 Å². The molecule has 0 bridgehead atoms. The number of nitrogens with one attached hydrogen (secondary N) is 1. The van der Waals surface area contributed by atoms with Crippen LogP contribution in [0.25, 0.3) is 0 Å². The number of aryl methyl sites for hydroxylation is 1. The zero-order valence-corrected chi connectivity index (χ0v) is 14.1. The molecule has 22 heavy (non-hydrogen) atoms. The average Bonchev–Trinajstić information content (AvgIpc) is 2.55. The third-order valence-electron chi connectivity index (χ3n) is 3.95. The van der Waals surface area contributed by atoms with Gasteiger partial charge in [-0.1, -0.05) is 61.9 Å². The van der Waals surface area contributed by atoms with Crippen LogP contribution in [0.2, 0.25) is 0 Å². The number of rotatable bonds is 2. The third-order valence-corrected chi connectivity index (χ3v) is 3.95. The Hall–Kier alpha value is -1.80. The van der Waals surface area contributed by atoms with Gasteiger partial charge in [0.15, 0.2) is 0 Å². The van der Waals surface area contributed by atoms with E-state index in [0.717, 1.165) is 32.6 Å². The highest BCUT2D eigenvalue weighted by molar-refractivity contribution is 5.53. The molecule has 1 heterocycles. The van der Waals surface area contributed by atoms with Crippen LogP contribution in [0.1, 0.15) is 30.5 Å². The first-order valence-corrected chi connectivity index (χ1v) is 8.41. The predicted molar refractivity (Wildman–Crippen MR) is 96.4 cm³/mol. The molecule has 2 nitrogen and oxygen atoms in total. The summed E-state index contributed by atoms with van der Waals surface area (Å²) in [6.45, 7) is 10.5. The van der Waals surface area contributed by atoms with E-state index in [-0.39, 0.29) is 0 Å². The Morgan fingerprint density at radius 3 is 2.55 bits per heavy atom. The van der Waals surface area contributed by atoms with Crippen molar-refractivity contribution < 1.29 is 0 Å². The molecule has 1 aliphatic heterocycles. The summed E-state index contributed by atoms with van der Waals surface area (Å²) in [7, 11) is 0. The molecule has 3 rings (SSSR count). The lowest BCUT2D eigenvalue weighted by atomic mass is 10.0. The maximum atomic E-state index is 3.57. The lowest BCUT2D eigenvalue weighted by Crippen LogP contribution is -2.32. The van der Waals surface area contributed by atoms with Crippen LogP contribution in [0.15, 0.2) is 48.5 Å². The van der Waals surface area contributed by atoms with Crippen molar-refractivity contribution in [3.8, 4) is 0 Å². The minimum Gasteiger partial charge on any atom is -0.384 e. The smallest absolute Gasteiger partial charge is 0.0373 e. The van der Waals surface area contributed by atoms with E-state index >= 15 is 0 Å². The lowest BCUT2D eigenvalue weighted by molar-refractivity contribution is 0.277. The molecule has 0 fully saturated rings. The van der Waals surface area contributed by atoms with Crippen molar-refractivity contribution in [2.24, 2.45) is 0 Å². The second-order valence-electron chi connectivity index (χ2n) is 5.60. The van der Waals surface area contributed by atoms with Gasteiger partial charge in [0.1, 0.15) is 0 Å². The summed E-state index contributed by atoms with van der Waals surface area (Å²) in [6, 6.07) is 17.5. The number of benzene rings is 2. The first-order valence-electron chi connectivity index (χ1n) is 8.41. The van der Waals surface area contributed by atoms with Crippen molar-refractivity contribution in [3.63, 3.8) is 0 Å². The Balaban J connectivity index is 0.000000847. The molecule has 0 saturated carbocycles. The third kappa shape index (κ3) is 4.60. The van der Waals surface area contributed by atoms with E-state index in [2.05, 4.69) is 65.7 Å². The van der Waals surface area contributed by atoms with E-state index in [1.807, 2.05) is 13.8 Å². The fraction of sp³-hybridized carbons (Fsp3) is 0.400. The van der Waals surface area contributed by atoms with Gasteiger partial charge in [0.25, 0.3) is 0 Å². The molecule has 0 aliphatic carbocycles. The van der Waals surface area contributed by atoms with E-state index < -0.39 is 0 Å². The van der Waals surface area contributed by atoms with Crippen molar-refractivity contribution in [2.45, 2.75) is 33.7 Å². The minimum absolute atomic E-state index is 1.02. The van der Waals surface area contributed by atoms with E-state index in [4.69, 9.17) is 0 Å². The number of anilines is 1. The summed E-state index contributed by atoms with van der Waals surface area (Å²) in [5.74, 6) is 0. The Morgan fingerprint density at radius 1 is 1.00 bits per heavy atom. The molecule has 0 saturated heterocycles. The standard InChI is InChI=1S/C18H22N2.C2H6/c1-15-7-8-18-17(13-15)9-11-20(12-10-19-18)14-16-5-3-2-4-6-16;1-2/h2-8,13,19H,9-12,14H2,1H3;1-2H3. The molecule has 1 aliphatic rings. The van der Waals surface area contributed by atoms with Crippen LogP contribution in [-0.4, -0.2) is 24.5 Å². The molecule has 118 valence electrons. The van der Waals surface area contributed by atoms with Gasteiger partial charge in [-0.2, -0.15) is 0 Å². The topological polar surface area (TPSA) is 15.3 Å². The molecule has 2 aromatic rings. The highest BCUT2D eigenvalue weighted by atomic mass is 15.1. The summed E-state index contributed by atoms with van der Waals surface area (Å²) < 4.78 is 0. The van der Waals surface area contributed by atoms with Crippen molar-refractivity contribution in [2.75, 3.05) is 25.0 Å². The second-order valence-corrected chi connectivity index (χ2v) is 5.60. The fourth-order valence-corrected chi connectivity index (χ4v) is 2.84. The lowest BCUT2D eigenvalue weighted by Gasteiger charge is -2.26. The highest BCUT2D eigenvalue weighted by Crippen LogP contribution is 2.20. The van der Waals surface area contributed by atoms with Gasteiger partial charge in [0.2, 0.25) is 0 Å². The summed E-state index contributed by atoms with van der Waals surface area (Å²) >= 11 is 0. The molecule has 0 atom stereocenters. The van der Waals surface area contributed by atoms with Crippen LogP contribution in [0.5, 0.6) is 0 Å². The largest absolute Gasteiger partial charge is 0.384 e. The van der Waals surface area contributed by atoms with Crippen LogP contribution in [0.4, 0.5) is 5.69 Å². The van der Waals surface area contributed by atoms with E-state index in [1.54, 1.807) is 0 Å². The summed E-state index contributed by atoms with van der Waals surface area (Å²) in [4.78, 5) is 2.54. The Kier molecular flexibility index (Phi) is 6.47. The first-order chi connectivity index (χ1) is 10.8. The number of nitrogens with zero attached hydrogens (tertiary/aromatic N) is 1. The average molecular weight is 296 g/mol. The van der Waals surface area contributed by atoms with Gasteiger partial charge in [-0.15, -0.1) is 0 Å². The summed E-state index contributed by atoms with van der Waals surface area (Å²) in [6.07, 6.45) is 1.12. The van der Waals surface area contributed by atoms with Gasteiger partial charge >= 0.3 is 0 Å². The van der Waals surface area contributed by atoms with Crippen LogP contribution in [0.3, 0.4) is 0 Å². The van der Waals surface area contributed by atoms with Crippen molar-refractivity contribution >= 4 is 5.69 Å². The zero-order valence-electron chi connectivity index (χ0n) is 14.1. The molecular weight excluding hydrogens is 268 g/mol. The monoisotopic (exact) mass is 296 g/mol. The van der Waals surface area contributed by atoms with E-state index in [0.29, 0.717) is 0 Å². The van der Waals surface area contributed by atoms with Gasteiger partial charge < -0.3 is 5.32 Å². The normalized spacial score (nSPS) is 14.7. The molecule has 0 amide bonds. The SMILES string of the molecule is CC.Cc1ccc2c(c1)CCN(Cc1ccccc1)CCN2. The van der Waals surface area contributed by atoms with Crippen molar-refractivity contribution in [3.05, 3.63) is 65.2 Å². The Labute approximate surface area is 135 Å². The molecule has 0 aromatic heterocycles. The van der Waals surface area contributed by atoms with Gasteiger partial charge in [0.05, 0.1) is 0 Å². The van der Waals surface area contributed by atoms with E-state index in [9.17, 15) is 0 Å². The number of hydrogen-bond acceptors (Lipinski definition) is 2. The van der Waals surface area contributed by atoms with Crippen LogP contribution < -0.4 is 5.32 Å². The molecular formula is C20H28N2.